The average molecular weight is 276 g/mol. The van der Waals surface area contributed by atoms with Crippen LogP contribution in [0.5, 0.6) is 0 Å². The van der Waals surface area contributed by atoms with Crippen molar-refractivity contribution in [2.75, 3.05) is 13.1 Å². The molecule has 4 heteroatoms. The lowest BCUT2D eigenvalue weighted by Gasteiger charge is -2.15. The quantitative estimate of drug-likeness (QED) is 0.798. The zero-order chi connectivity index (χ0) is 12.8. The van der Waals surface area contributed by atoms with E-state index in [1.807, 2.05) is 6.07 Å². The highest BCUT2D eigenvalue weighted by molar-refractivity contribution is 6.29. The van der Waals surface area contributed by atoms with Crippen molar-refractivity contribution in [2.24, 2.45) is 0 Å². The summed E-state index contributed by atoms with van der Waals surface area (Å²) in [5.41, 5.74) is 2.40. The van der Waals surface area contributed by atoms with Crippen LogP contribution in [0.3, 0.4) is 0 Å². The van der Waals surface area contributed by atoms with E-state index in [0.29, 0.717) is 11.2 Å². The highest BCUT2D eigenvalue weighted by atomic mass is 35.5. The molecular weight excluding hydrogens is 258 g/mol. The third-order valence-electron chi connectivity index (χ3n) is 4.27. The highest BCUT2D eigenvalue weighted by Gasteiger charge is 2.26. The van der Waals surface area contributed by atoms with Gasteiger partial charge in [-0.15, -0.1) is 0 Å². The molecule has 1 saturated heterocycles. The first-order chi connectivity index (χ1) is 9.31. The van der Waals surface area contributed by atoms with E-state index in [0.717, 1.165) is 12.2 Å². The smallest absolute Gasteiger partial charge is 0.142 e. The predicted octanol–water partition coefficient (Wildman–Crippen LogP) is 3.62. The Labute approximate surface area is 118 Å². The zero-order valence-corrected chi connectivity index (χ0v) is 11.7. The fourth-order valence-corrected chi connectivity index (χ4v) is 3.33. The maximum atomic E-state index is 6.22. The molecule has 2 aromatic heterocycles. The normalized spacial score (nSPS) is 20.5. The van der Waals surface area contributed by atoms with Crippen molar-refractivity contribution >= 4 is 22.6 Å². The topological polar surface area (TPSA) is 21.1 Å². The number of hydrogen-bond acceptors (Lipinski definition) is 2. The lowest BCUT2D eigenvalue weighted by Crippen LogP contribution is -2.18. The molecule has 4 rings (SSSR count). The molecule has 2 fully saturated rings. The van der Waals surface area contributed by atoms with Gasteiger partial charge >= 0.3 is 0 Å². The Morgan fingerprint density at radius 1 is 1.26 bits per heavy atom. The number of likely N-dealkylation sites (tertiary alicyclic amines) is 1. The lowest BCUT2D eigenvalue weighted by molar-refractivity contribution is 0.332. The number of halogens is 1. The molecule has 100 valence electrons. The van der Waals surface area contributed by atoms with Crippen LogP contribution in [0.2, 0.25) is 5.15 Å². The van der Waals surface area contributed by atoms with Crippen LogP contribution >= 0.6 is 11.6 Å². The van der Waals surface area contributed by atoms with Crippen molar-refractivity contribution in [1.29, 1.82) is 0 Å². The second kappa shape index (κ2) is 4.50. The summed E-state index contributed by atoms with van der Waals surface area (Å²) in [5.74, 6) is 0. The van der Waals surface area contributed by atoms with Crippen LogP contribution in [0.15, 0.2) is 18.3 Å². The molecule has 0 spiro atoms. The van der Waals surface area contributed by atoms with Crippen LogP contribution in [0.25, 0.3) is 11.0 Å². The van der Waals surface area contributed by atoms with Crippen molar-refractivity contribution < 1.29 is 0 Å². The number of fused-ring (bicyclic) bond motifs is 1. The summed E-state index contributed by atoms with van der Waals surface area (Å²) < 4.78 is 2.30. The Bertz CT molecular complexity index is 609. The van der Waals surface area contributed by atoms with Gasteiger partial charge in [-0.1, -0.05) is 11.6 Å². The van der Waals surface area contributed by atoms with Crippen molar-refractivity contribution in [3.8, 4) is 0 Å². The van der Waals surface area contributed by atoms with E-state index in [2.05, 4.69) is 26.7 Å². The molecule has 1 saturated carbocycles. The van der Waals surface area contributed by atoms with E-state index in [9.17, 15) is 0 Å². The van der Waals surface area contributed by atoms with Gasteiger partial charge in [-0.25, -0.2) is 4.98 Å². The maximum Gasteiger partial charge on any atom is 0.142 e. The fourth-order valence-electron chi connectivity index (χ4n) is 3.12. The molecule has 1 aliphatic heterocycles. The third-order valence-corrected chi connectivity index (χ3v) is 4.47. The summed E-state index contributed by atoms with van der Waals surface area (Å²) in [6.45, 7) is 3.43. The van der Waals surface area contributed by atoms with Crippen LogP contribution in [-0.2, 0) is 6.54 Å². The van der Waals surface area contributed by atoms with E-state index in [-0.39, 0.29) is 0 Å². The van der Waals surface area contributed by atoms with Gasteiger partial charge in [0.2, 0.25) is 0 Å². The molecule has 0 bridgehead atoms. The van der Waals surface area contributed by atoms with Gasteiger partial charge in [0.25, 0.3) is 0 Å². The van der Waals surface area contributed by atoms with Crippen LogP contribution < -0.4 is 0 Å². The molecule has 3 heterocycles. The van der Waals surface area contributed by atoms with E-state index in [4.69, 9.17) is 11.6 Å². The minimum atomic E-state index is 0.627. The van der Waals surface area contributed by atoms with Crippen LogP contribution in [-0.4, -0.2) is 27.5 Å². The van der Waals surface area contributed by atoms with Gasteiger partial charge in [0.05, 0.1) is 0 Å². The molecule has 0 amide bonds. The first-order valence-corrected chi connectivity index (χ1v) is 7.57. The van der Waals surface area contributed by atoms with Crippen LogP contribution in [0.4, 0.5) is 0 Å². The highest BCUT2D eigenvalue weighted by Crippen LogP contribution is 2.38. The molecule has 1 aliphatic carbocycles. The Balaban J connectivity index is 1.76. The molecular formula is C15H18ClN3. The number of pyridine rings is 1. The van der Waals surface area contributed by atoms with E-state index < -0.39 is 0 Å². The molecule has 0 N–H and O–H groups in total. The van der Waals surface area contributed by atoms with Crippen LogP contribution in [0, 0.1) is 0 Å². The van der Waals surface area contributed by atoms with Crippen LogP contribution in [0.1, 0.15) is 37.3 Å². The summed E-state index contributed by atoms with van der Waals surface area (Å²) in [6.07, 6.45) is 7.38. The Hall–Kier alpha value is -1.06. The van der Waals surface area contributed by atoms with Crippen molar-refractivity contribution in [1.82, 2.24) is 14.5 Å². The van der Waals surface area contributed by atoms with Gasteiger partial charge in [0.15, 0.2) is 0 Å². The van der Waals surface area contributed by atoms with Gasteiger partial charge in [-0.2, -0.15) is 0 Å². The van der Waals surface area contributed by atoms with E-state index in [1.54, 1.807) is 0 Å². The van der Waals surface area contributed by atoms with Crippen molar-refractivity contribution in [3.05, 3.63) is 29.0 Å². The predicted molar refractivity (Wildman–Crippen MR) is 77.5 cm³/mol. The molecule has 2 aliphatic rings. The number of nitrogens with zero attached hydrogens (tertiary/aromatic N) is 3. The summed E-state index contributed by atoms with van der Waals surface area (Å²) in [5, 5.41) is 1.91. The van der Waals surface area contributed by atoms with E-state index in [1.165, 1.54) is 49.7 Å². The standard InChI is InChI=1S/C15H18ClN3/c16-14-9-11(10-18-6-1-2-7-18)13-5-8-19(12-3-4-12)15(13)17-14/h5,8-9,12H,1-4,6-7,10H2. The summed E-state index contributed by atoms with van der Waals surface area (Å²) in [6, 6.07) is 4.91. The molecule has 0 atom stereocenters. The van der Waals surface area contributed by atoms with Gasteiger partial charge in [0.1, 0.15) is 10.8 Å². The molecule has 0 unspecified atom stereocenters. The molecule has 3 nitrogen and oxygen atoms in total. The Kier molecular flexibility index (Phi) is 2.78. The fraction of sp³-hybridized carbons (Fsp3) is 0.533. The average Bonchev–Trinajstić information content (AvgIpc) is 2.94. The van der Waals surface area contributed by atoms with Gasteiger partial charge in [-0.05, 0) is 56.5 Å². The Morgan fingerprint density at radius 2 is 2.05 bits per heavy atom. The van der Waals surface area contributed by atoms with Crippen molar-refractivity contribution in [3.63, 3.8) is 0 Å². The second-order valence-electron chi connectivity index (χ2n) is 5.78. The molecule has 0 aromatic carbocycles. The second-order valence-corrected chi connectivity index (χ2v) is 6.17. The summed E-state index contributed by atoms with van der Waals surface area (Å²) in [4.78, 5) is 7.06. The monoisotopic (exact) mass is 275 g/mol. The Morgan fingerprint density at radius 3 is 2.79 bits per heavy atom. The molecule has 0 radical (unpaired) electrons. The molecule has 19 heavy (non-hydrogen) atoms. The minimum absolute atomic E-state index is 0.627. The maximum absolute atomic E-state index is 6.22. The summed E-state index contributed by atoms with van der Waals surface area (Å²) in [7, 11) is 0. The number of rotatable bonds is 3. The minimum Gasteiger partial charge on any atom is -0.329 e. The number of hydrogen-bond donors (Lipinski definition) is 0. The summed E-state index contributed by atoms with van der Waals surface area (Å²) >= 11 is 6.22. The van der Waals surface area contributed by atoms with Gasteiger partial charge in [-0.3, -0.25) is 4.90 Å². The van der Waals surface area contributed by atoms with Gasteiger partial charge in [0, 0.05) is 24.2 Å². The first-order valence-electron chi connectivity index (χ1n) is 7.19. The zero-order valence-electron chi connectivity index (χ0n) is 11.0. The SMILES string of the molecule is Clc1cc(CN2CCCC2)c2ccn(C3CC3)c2n1. The first kappa shape index (κ1) is 11.7. The largest absolute Gasteiger partial charge is 0.329 e. The van der Waals surface area contributed by atoms with Crippen molar-refractivity contribution in [2.45, 2.75) is 38.3 Å². The number of aromatic nitrogens is 2. The third kappa shape index (κ3) is 2.15. The molecule has 2 aromatic rings. The van der Waals surface area contributed by atoms with Gasteiger partial charge < -0.3 is 4.57 Å². The van der Waals surface area contributed by atoms with E-state index >= 15 is 0 Å². The lowest BCUT2D eigenvalue weighted by atomic mass is 10.2.